The van der Waals surface area contributed by atoms with Crippen LogP contribution in [0.4, 0.5) is 0 Å². The maximum atomic E-state index is 13.5. The molecule has 0 saturated carbocycles. The zero-order valence-corrected chi connectivity index (χ0v) is 20.3. The maximum absolute atomic E-state index is 13.5. The third-order valence-electron chi connectivity index (χ3n) is 7.27. The average molecular weight is 473 g/mol. The van der Waals surface area contributed by atoms with Crippen LogP contribution in [0.2, 0.25) is 0 Å². The van der Waals surface area contributed by atoms with Crippen LogP contribution in [-0.4, -0.2) is 55.3 Å². The molecule has 0 aliphatic carbocycles. The number of rotatable bonds is 5. The summed E-state index contributed by atoms with van der Waals surface area (Å²) in [7, 11) is 0. The highest BCUT2D eigenvalue weighted by atomic mass is 16.5. The van der Waals surface area contributed by atoms with E-state index in [4.69, 9.17) is 10.00 Å². The number of nitrogens with zero attached hydrogens (tertiary/aromatic N) is 3. The molecule has 0 radical (unpaired) electrons. The summed E-state index contributed by atoms with van der Waals surface area (Å²) in [5, 5.41) is 20.4. The van der Waals surface area contributed by atoms with Gasteiger partial charge in [-0.05, 0) is 73.9 Å². The fourth-order valence-corrected chi connectivity index (χ4v) is 5.20. The lowest BCUT2D eigenvalue weighted by Crippen LogP contribution is -2.52. The lowest BCUT2D eigenvalue weighted by atomic mass is 9.88. The summed E-state index contributed by atoms with van der Waals surface area (Å²) in [5.41, 5.74) is 8.76. The van der Waals surface area contributed by atoms with Crippen molar-refractivity contribution < 1.29 is 9.53 Å². The number of carbonyl (C=O) groups is 1. The van der Waals surface area contributed by atoms with Crippen molar-refractivity contribution in [2.24, 2.45) is 5.10 Å². The molecule has 2 unspecified atom stereocenters. The maximum Gasteiger partial charge on any atom is 0.254 e. The molecule has 3 aliphatic rings. The Balaban J connectivity index is 1.25. The number of nitrogens with one attached hydrogen (secondary N) is 3. The molecule has 3 aliphatic heterocycles. The van der Waals surface area contributed by atoms with E-state index in [2.05, 4.69) is 40.2 Å². The molecule has 2 atom stereocenters. The van der Waals surface area contributed by atoms with E-state index in [1.54, 1.807) is 0 Å². The topological polar surface area (TPSA) is 102 Å². The van der Waals surface area contributed by atoms with Crippen molar-refractivity contribution in [3.05, 3.63) is 69.8 Å². The highest BCUT2D eigenvalue weighted by Crippen LogP contribution is 2.29. The molecule has 8 heteroatoms. The quantitative estimate of drug-likeness (QED) is 0.619. The number of aryl methyl sites for hydroxylation is 2. The number of piperidine rings is 1. The Bertz CT molecular complexity index is 1160. The zero-order chi connectivity index (χ0) is 24.4. The summed E-state index contributed by atoms with van der Waals surface area (Å²) in [6, 6.07) is 14.4. The van der Waals surface area contributed by atoms with Gasteiger partial charge in [-0.2, -0.15) is 10.4 Å². The van der Waals surface area contributed by atoms with E-state index in [1.807, 2.05) is 42.2 Å². The van der Waals surface area contributed by atoms with E-state index in [0.29, 0.717) is 24.1 Å². The molecular weight excluding hydrogens is 440 g/mol. The van der Waals surface area contributed by atoms with E-state index in [-0.39, 0.29) is 12.2 Å². The number of amidine groups is 1. The first-order chi connectivity index (χ1) is 17.0. The van der Waals surface area contributed by atoms with Gasteiger partial charge in [0.05, 0.1) is 18.2 Å². The van der Waals surface area contributed by atoms with E-state index >= 15 is 0 Å². The fourth-order valence-electron chi connectivity index (χ4n) is 5.20. The van der Waals surface area contributed by atoms with Crippen LogP contribution in [0.15, 0.2) is 41.5 Å². The van der Waals surface area contributed by atoms with Gasteiger partial charge in [0, 0.05) is 36.9 Å². The molecule has 1 amide bonds. The van der Waals surface area contributed by atoms with Crippen LogP contribution >= 0.6 is 0 Å². The van der Waals surface area contributed by atoms with Crippen LogP contribution in [0.1, 0.15) is 63.4 Å². The number of likely N-dealkylation sites (tertiary alicyclic amines) is 1. The SMILES string of the molecule is Cc1cc(C)c(C2=NNC(NC3CCOC3)N2)cc1C(=O)N1CCC(c2ccc(C#N)cc2)CC1. The van der Waals surface area contributed by atoms with Gasteiger partial charge < -0.3 is 15.0 Å². The normalized spacial score (nSPS) is 22.3. The van der Waals surface area contributed by atoms with Gasteiger partial charge in [-0.1, -0.05) is 18.2 Å². The highest BCUT2D eigenvalue weighted by molar-refractivity contribution is 6.04. The number of carbonyl (C=O) groups excluding carboxylic acids is 1. The molecule has 2 aromatic rings. The molecule has 0 aromatic heterocycles. The Morgan fingerprint density at radius 2 is 1.91 bits per heavy atom. The van der Waals surface area contributed by atoms with Crippen LogP contribution in [0, 0.1) is 25.2 Å². The van der Waals surface area contributed by atoms with Crippen LogP contribution in [0.5, 0.6) is 0 Å². The van der Waals surface area contributed by atoms with Crippen molar-refractivity contribution in [3.8, 4) is 6.07 Å². The number of nitriles is 1. The molecule has 5 rings (SSSR count). The molecule has 3 heterocycles. The highest BCUT2D eigenvalue weighted by Gasteiger charge is 2.28. The summed E-state index contributed by atoms with van der Waals surface area (Å²) in [6.07, 6.45) is 2.68. The van der Waals surface area contributed by atoms with Crippen LogP contribution < -0.4 is 16.1 Å². The van der Waals surface area contributed by atoms with Crippen LogP contribution in [0.3, 0.4) is 0 Å². The average Bonchev–Trinajstić information content (AvgIpc) is 3.57. The van der Waals surface area contributed by atoms with Gasteiger partial charge in [-0.25, -0.2) is 0 Å². The molecule has 0 bridgehead atoms. The van der Waals surface area contributed by atoms with Gasteiger partial charge in [0.25, 0.3) is 5.91 Å². The number of benzene rings is 2. The summed E-state index contributed by atoms with van der Waals surface area (Å²) in [5.74, 6) is 1.23. The summed E-state index contributed by atoms with van der Waals surface area (Å²) in [6.45, 7) is 6.99. The molecule has 35 heavy (non-hydrogen) atoms. The number of ether oxygens (including phenoxy) is 1. The number of hydrogen-bond acceptors (Lipinski definition) is 7. The molecule has 182 valence electrons. The Labute approximate surface area is 206 Å². The van der Waals surface area contributed by atoms with Gasteiger partial charge in [0.1, 0.15) is 0 Å². The first kappa shape index (κ1) is 23.3. The van der Waals surface area contributed by atoms with Crippen molar-refractivity contribution in [2.45, 2.75) is 51.4 Å². The summed E-state index contributed by atoms with van der Waals surface area (Å²) >= 11 is 0. The van der Waals surface area contributed by atoms with Crippen molar-refractivity contribution in [1.82, 2.24) is 21.0 Å². The second-order valence-corrected chi connectivity index (χ2v) is 9.68. The molecule has 2 fully saturated rings. The Morgan fingerprint density at radius 1 is 1.14 bits per heavy atom. The van der Waals surface area contributed by atoms with Crippen molar-refractivity contribution >= 4 is 11.7 Å². The van der Waals surface area contributed by atoms with Gasteiger partial charge in [-0.3, -0.25) is 15.5 Å². The standard InChI is InChI=1S/C27H32N6O2/c1-17-13-18(2)24(14-23(17)25-30-27(32-31-25)29-22-9-12-35-16-22)26(34)33-10-7-21(8-11-33)20-5-3-19(15-28)4-6-20/h3-6,13-14,21-22,27,29,32H,7-12,16H2,1-2H3,(H,30,31). The van der Waals surface area contributed by atoms with Crippen molar-refractivity contribution in [3.63, 3.8) is 0 Å². The number of hydrogen-bond donors (Lipinski definition) is 3. The lowest BCUT2D eigenvalue weighted by Gasteiger charge is -2.33. The molecule has 2 saturated heterocycles. The Hall–Kier alpha value is -3.41. The minimum Gasteiger partial charge on any atom is -0.380 e. The molecule has 8 nitrogen and oxygen atoms in total. The predicted molar refractivity (Wildman–Crippen MR) is 134 cm³/mol. The second-order valence-electron chi connectivity index (χ2n) is 9.68. The zero-order valence-electron chi connectivity index (χ0n) is 20.3. The minimum atomic E-state index is -0.155. The van der Waals surface area contributed by atoms with Gasteiger partial charge in [0.2, 0.25) is 0 Å². The van der Waals surface area contributed by atoms with Crippen molar-refractivity contribution in [2.75, 3.05) is 26.3 Å². The monoisotopic (exact) mass is 472 g/mol. The number of amides is 1. The molecule has 0 spiro atoms. The van der Waals surface area contributed by atoms with Crippen LogP contribution in [-0.2, 0) is 4.74 Å². The van der Waals surface area contributed by atoms with Gasteiger partial charge >= 0.3 is 0 Å². The third kappa shape index (κ3) is 5.02. The minimum absolute atomic E-state index is 0.0753. The predicted octanol–water partition coefficient (Wildman–Crippen LogP) is 2.71. The van der Waals surface area contributed by atoms with Crippen LogP contribution in [0.25, 0.3) is 0 Å². The summed E-state index contributed by atoms with van der Waals surface area (Å²) < 4.78 is 5.44. The smallest absolute Gasteiger partial charge is 0.254 e. The Morgan fingerprint density at radius 3 is 2.60 bits per heavy atom. The van der Waals surface area contributed by atoms with Gasteiger partial charge in [-0.15, -0.1) is 0 Å². The van der Waals surface area contributed by atoms with E-state index < -0.39 is 0 Å². The molecular formula is C27H32N6O2. The fraction of sp³-hybridized carbons (Fsp3) is 0.444. The van der Waals surface area contributed by atoms with E-state index in [9.17, 15) is 4.79 Å². The Kier molecular flexibility index (Phi) is 6.71. The van der Waals surface area contributed by atoms with E-state index in [1.165, 1.54) is 5.56 Å². The third-order valence-corrected chi connectivity index (χ3v) is 7.27. The van der Waals surface area contributed by atoms with E-state index in [0.717, 1.165) is 67.0 Å². The largest absolute Gasteiger partial charge is 0.380 e. The molecule has 2 aromatic carbocycles. The second kappa shape index (κ2) is 10.1. The lowest BCUT2D eigenvalue weighted by molar-refractivity contribution is 0.0712. The summed E-state index contributed by atoms with van der Waals surface area (Å²) in [4.78, 5) is 15.5. The van der Waals surface area contributed by atoms with Crippen molar-refractivity contribution in [1.29, 1.82) is 5.26 Å². The molecule has 3 N–H and O–H groups in total. The first-order valence-electron chi connectivity index (χ1n) is 12.4. The first-order valence-corrected chi connectivity index (χ1v) is 12.4. The van der Waals surface area contributed by atoms with Gasteiger partial charge in [0.15, 0.2) is 12.1 Å². The number of hydrazone groups is 1.